The van der Waals surface area contributed by atoms with Gasteiger partial charge in [0.05, 0.1) is 12.1 Å². The molecule has 0 radical (unpaired) electrons. The van der Waals surface area contributed by atoms with Gasteiger partial charge in [-0.2, -0.15) is 0 Å². The van der Waals surface area contributed by atoms with E-state index < -0.39 is 34.6 Å². The lowest BCUT2D eigenvalue weighted by atomic mass is 9.63. The molecule has 1 spiro atoms. The average molecular weight is 558 g/mol. The van der Waals surface area contributed by atoms with Gasteiger partial charge >= 0.3 is 0 Å². The number of halogens is 2. The van der Waals surface area contributed by atoms with Gasteiger partial charge in [0, 0.05) is 32.6 Å². The average Bonchev–Trinajstić information content (AvgIpc) is 3.29. The van der Waals surface area contributed by atoms with Crippen molar-refractivity contribution in [1.29, 1.82) is 0 Å². The van der Waals surface area contributed by atoms with Gasteiger partial charge in [0.1, 0.15) is 11.2 Å². The highest BCUT2D eigenvalue weighted by Gasteiger charge is 2.71. The molecule has 4 nitrogen and oxygen atoms in total. The zero-order valence-corrected chi connectivity index (χ0v) is 22.3. The number of hydrogen-bond acceptors (Lipinski definition) is 4. The first-order valence-electron chi connectivity index (χ1n) is 12.3. The largest absolute Gasteiger partial charge is 0.352 e. The minimum Gasteiger partial charge on any atom is -0.352 e. The summed E-state index contributed by atoms with van der Waals surface area (Å²) in [7, 11) is 0. The van der Waals surface area contributed by atoms with Crippen molar-refractivity contribution >= 4 is 45.0 Å². The highest BCUT2D eigenvalue weighted by atomic mass is 79.9. The van der Waals surface area contributed by atoms with Crippen molar-refractivity contribution in [2.75, 3.05) is 4.90 Å². The lowest BCUT2D eigenvalue weighted by Gasteiger charge is -2.38. The van der Waals surface area contributed by atoms with E-state index in [0.717, 1.165) is 15.7 Å². The molecular formula is C31H25BrFNO3. The molecule has 3 aromatic rings. The van der Waals surface area contributed by atoms with Gasteiger partial charge in [-0.05, 0) is 41.5 Å². The fourth-order valence-corrected chi connectivity index (χ4v) is 6.81. The van der Waals surface area contributed by atoms with Gasteiger partial charge < -0.3 is 4.90 Å². The first-order valence-corrected chi connectivity index (χ1v) is 13.1. The molecule has 1 aliphatic carbocycles. The topological polar surface area (TPSA) is 54.5 Å². The van der Waals surface area contributed by atoms with Gasteiger partial charge in [0.2, 0.25) is 0 Å². The molecule has 0 unspecified atom stereocenters. The van der Waals surface area contributed by atoms with Crippen LogP contribution in [0.5, 0.6) is 0 Å². The third-order valence-electron chi connectivity index (χ3n) is 8.00. The zero-order chi connectivity index (χ0) is 26.3. The molecule has 0 saturated carbocycles. The van der Waals surface area contributed by atoms with Crippen LogP contribution in [0.25, 0.3) is 6.08 Å². The van der Waals surface area contributed by atoms with E-state index in [1.807, 2.05) is 56.0 Å². The lowest BCUT2D eigenvalue weighted by molar-refractivity contribution is -0.127. The summed E-state index contributed by atoms with van der Waals surface area (Å²) in [6.07, 6.45) is 3.82. The third kappa shape index (κ3) is 3.21. The van der Waals surface area contributed by atoms with Gasteiger partial charge in [-0.3, -0.25) is 14.4 Å². The number of nitrogens with zero attached hydrogens (tertiary/aromatic N) is 1. The number of benzene rings is 3. The summed E-state index contributed by atoms with van der Waals surface area (Å²) in [5.41, 5.74) is 0.708. The molecule has 0 aromatic heterocycles. The van der Waals surface area contributed by atoms with Gasteiger partial charge in [0.25, 0.3) is 0 Å². The first-order chi connectivity index (χ1) is 17.6. The summed E-state index contributed by atoms with van der Waals surface area (Å²) in [5.74, 6) is -1.88. The number of ketones is 3. The van der Waals surface area contributed by atoms with Crippen molar-refractivity contribution in [3.63, 3.8) is 0 Å². The summed E-state index contributed by atoms with van der Waals surface area (Å²) in [6.45, 7) is 5.56. The van der Waals surface area contributed by atoms with Crippen LogP contribution in [0.15, 0.2) is 77.3 Å². The molecule has 186 valence electrons. The number of Topliss-reactive ketones (excluding diaryl/α,β-unsaturated/α-hetero) is 3. The molecule has 2 heterocycles. The van der Waals surface area contributed by atoms with Gasteiger partial charge in [-0.1, -0.05) is 85.3 Å². The summed E-state index contributed by atoms with van der Waals surface area (Å²) in [4.78, 5) is 45.2. The van der Waals surface area contributed by atoms with E-state index in [1.54, 1.807) is 36.4 Å². The maximum Gasteiger partial charge on any atom is 0.180 e. The standard InChI is InChI=1S/C31H25BrFNO3/c1-30(2,3)29(37)26-25(17-8-12-20(33)13-9-17)31(27(35)21-6-4-5-7-22(21)28(31)36)24-15-10-18-16-19(32)11-14-23(18)34(24)26/h4-16,24-26H,1-3H3/t24-,25-,26+/m1/s1. The van der Waals surface area contributed by atoms with Crippen LogP contribution < -0.4 is 4.90 Å². The van der Waals surface area contributed by atoms with Crippen molar-refractivity contribution in [2.24, 2.45) is 10.8 Å². The van der Waals surface area contributed by atoms with Crippen LogP contribution in [0.2, 0.25) is 0 Å². The van der Waals surface area contributed by atoms with Crippen LogP contribution in [0.4, 0.5) is 10.1 Å². The smallest absolute Gasteiger partial charge is 0.180 e. The number of carbonyl (C=O) groups is 3. The van der Waals surface area contributed by atoms with Gasteiger partial charge in [-0.25, -0.2) is 4.39 Å². The van der Waals surface area contributed by atoms with Crippen LogP contribution in [0, 0.1) is 16.6 Å². The van der Waals surface area contributed by atoms with Crippen molar-refractivity contribution in [2.45, 2.75) is 38.8 Å². The molecule has 0 amide bonds. The van der Waals surface area contributed by atoms with E-state index >= 15 is 0 Å². The second-order valence-electron chi connectivity index (χ2n) is 11.1. The predicted octanol–water partition coefficient (Wildman–Crippen LogP) is 6.64. The number of rotatable bonds is 2. The van der Waals surface area contributed by atoms with E-state index in [2.05, 4.69) is 15.9 Å². The Morgan fingerprint density at radius 1 is 0.946 bits per heavy atom. The highest BCUT2D eigenvalue weighted by Crippen LogP contribution is 2.61. The zero-order valence-electron chi connectivity index (χ0n) is 20.7. The maximum atomic E-state index is 14.4. The molecule has 1 saturated heterocycles. The van der Waals surface area contributed by atoms with E-state index in [0.29, 0.717) is 16.7 Å². The molecule has 0 bridgehead atoms. The third-order valence-corrected chi connectivity index (χ3v) is 8.50. The molecule has 3 aliphatic rings. The Kier molecular flexibility index (Phi) is 5.22. The molecule has 0 N–H and O–H groups in total. The normalized spacial score (nSPS) is 23.3. The summed E-state index contributed by atoms with van der Waals surface area (Å²) in [6, 6.07) is 17.1. The Hall–Kier alpha value is -3.38. The van der Waals surface area contributed by atoms with Crippen molar-refractivity contribution < 1.29 is 18.8 Å². The predicted molar refractivity (Wildman–Crippen MR) is 144 cm³/mol. The molecule has 2 aliphatic heterocycles. The molecule has 1 fully saturated rings. The second kappa shape index (κ2) is 8.06. The van der Waals surface area contributed by atoms with Crippen molar-refractivity contribution in [1.82, 2.24) is 0 Å². The molecule has 3 aromatic carbocycles. The summed E-state index contributed by atoms with van der Waals surface area (Å²) < 4.78 is 14.9. The van der Waals surface area contributed by atoms with E-state index in [-0.39, 0.29) is 17.3 Å². The van der Waals surface area contributed by atoms with Crippen LogP contribution in [0.1, 0.15) is 58.5 Å². The Morgan fingerprint density at radius 3 is 2.16 bits per heavy atom. The number of hydrogen-bond donors (Lipinski definition) is 0. The highest BCUT2D eigenvalue weighted by molar-refractivity contribution is 9.10. The molecular weight excluding hydrogens is 533 g/mol. The Balaban J connectivity index is 1.70. The Labute approximate surface area is 223 Å². The summed E-state index contributed by atoms with van der Waals surface area (Å²) >= 11 is 3.53. The van der Waals surface area contributed by atoms with Crippen molar-refractivity contribution in [3.8, 4) is 0 Å². The first kappa shape index (κ1) is 24.0. The second-order valence-corrected chi connectivity index (χ2v) is 12.0. The molecule has 3 atom stereocenters. The summed E-state index contributed by atoms with van der Waals surface area (Å²) in [5, 5.41) is 0. The SMILES string of the molecule is CC(C)(C)C(=O)[C@@H]1[C@@H](c2ccc(F)cc2)C2(C(=O)c3ccccc3C2=O)[C@H]2C=Cc3cc(Br)ccc3N12. The number of carbonyl (C=O) groups excluding carboxylic acids is 3. The van der Waals surface area contributed by atoms with E-state index in [4.69, 9.17) is 0 Å². The van der Waals surface area contributed by atoms with E-state index in [9.17, 15) is 18.8 Å². The van der Waals surface area contributed by atoms with Crippen LogP contribution in [-0.4, -0.2) is 29.4 Å². The fraction of sp³-hybridized carbons (Fsp3) is 0.258. The molecule has 37 heavy (non-hydrogen) atoms. The number of anilines is 1. The molecule has 6 heteroatoms. The van der Waals surface area contributed by atoms with Crippen LogP contribution in [-0.2, 0) is 4.79 Å². The lowest BCUT2D eigenvalue weighted by Crippen LogP contribution is -2.49. The quantitative estimate of drug-likeness (QED) is 0.331. The fourth-order valence-electron chi connectivity index (χ4n) is 6.43. The van der Waals surface area contributed by atoms with Gasteiger partial charge in [-0.15, -0.1) is 0 Å². The number of fused-ring (bicyclic) bond motifs is 5. The minimum atomic E-state index is -1.56. The minimum absolute atomic E-state index is 0.0792. The Bertz CT molecular complexity index is 1480. The van der Waals surface area contributed by atoms with Crippen LogP contribution in [0.3, 0.4) is 0 Å². The monoisotopic (exact) mass is 557 g/mol. The van der Waals surface area contributed by atoms with Crippen LogP contribution >= 0.6 is 15.9 Å². The van der Waals surface area contributed by atoms with Gasteiger partial charge in [0.15, 0.2) is 17.3 Å². The molecule has 6 rings (SSSR count). The van der Waals surface area contributed by atoms with Crippen molar-refractivity contribution in [3.05, 3.63) is 105 Å². The van der Waals surface area contributed by atoms with E-state index in [1.165, 1.54) is 12.1 Å². The maximum absolute atomic E-state index is 14.4. The Morgan fingerprint density at radius 2 is 1.57 bits per heavy atom.